The summed E-state index contributed by atoms with van der Waals surface area (Å²) in [5.74, 6) is -1.07. The van der Waals surface area contributed by atoms with E-state index < -0.39 is 22.9 Å². The molecule has 1 spiro atoms. The van der Waals surface area contributed by atoms with Crippen LogP contribution in [0.25, 0.3) is 5.32 Å². The first-order valence-electron chi connectivity index (χ1n) is 12.7. The molecule has 0 bridgehead atoms. The van der Waals surface area contributed by atoms with Crippen LogP contribution in [0.2, 0.25) is 0 Å². The number of esters is 1. The van der Waals surface area contributed by atoms with Crippen molar-refractivity contribution in [2.75, 3.05) is 33.4 Å². The molecule has 3 aliphatic rings. The molecule has 3 fully saturated rings. The molecule has 35 heavy (non-hydrogen) atoms. The third-order valence-electron chi connectivity index (χ3n) is 6.03. The molecule has 8 nitrogen and oxygen atoms in total. The van der Waals surface area contributed by atoms with Gasteiger partial charge in [-0.3, -0.25) is 9.59 Å². The Bertz CT molecular complexity index is 637. The van der Waals surface area contributed by atoms with E-state index in [0.29, 0.717) is 50.9 Å². The molecule has 0 radical (unpaired) electrons. The minimum atomic E-state index is -0.627. The van der Waals surface area contributed by atoms with E-state index in [1.807, 2.05) is 20.8 Å². The van der Waals surface area contributed by atoms with E-state index in [0.717, 1.165) is 13.2 Å². The second-order valence-corrected chi connectivity index (χ2v) is 10.9. The van der Waals surface area contributed by atoms with E-state index in [1.54, 1.807) is 4.90 Å². The van der Waals surface area contributed by atoms with Crippen LogP contribution in [-0.2, 0) is 23.8 Å². The van der Waals surface area contributed by atoms with E-state index in [2.05, 4.69) is 33.0 Å². The Morgan fingerprint density at radius 3 is 1.89 bits per heavy atom. The van der Waals surface area contributed by atoms with Crippen LogP contribution in [0.5, 0.6) is 0 Å². The molecule has 0 N–H and O–H groups in total. The van der Waals surface area contributed by atoms with Gasteiger partial charge in [-0.2, -0.15) is 0 Å². The molecule has 2 aliphatic heterocycles. The zero-order valence-corrected chi connectivity index (χ0v) is 23.6. The second kappa shape index (κ2) is 15.9. The molecule has 3 rings (SSSR count). The molecule has 2 heterocycles. The minimum absolute atomic E-state index is 0. The van der Waals surface area contributed by atoms with Crippen LogP contribution in [0.4, 0.5) is 4.79 Å². The number of methoxy groups -OCH3 is 1. The summed E-state index contributed by atoms with van der Waals surface area (Å²) in [5, 5.41) is 4.28. The fraction of sp³-hybridized carbons (Fsp3) is 0.885. The van der Waals surface area contributed by atoms with E-state index in [-0.39, 0.29) is 30.7 Å². The molecule has 0 aromatic heterocycles. The number of ether oxygens (including phenoxy) is 3. The SMILES string of the molecule is C1CCOC1.CC(C)[N-]C(C)C.COC(=O)C1CCC2(CCN(C(=O)OC(C)(C)C)CC2)C1=O.[Li+]. The number of piperidine rings is 1. The van der Waals surface area contributed by atoms with Crippen molar-refractivity contribution in [3.05, 3.63) is 5.32 Å². The van der Waals surface area contributed by atoms with Crippen LogP contribution in [0, 0.1) is 11.3 Å². The van der Waals surface area contributed by atoms with Gasteiger partial charge in [0.15, 0.2) is 5.78 Å². The maximum absolute atomic E-state index is 12.6. The summed E-state index contributed by atoms with van der Waals surface area (Å²) in [6.07, 6.45) is 4.67. The molecular weight excluding hydrogens is 443 g/mol. The minimum Gasteiger partial charge on any atom is -0.658 e. The van der Waals surface area contributed by atoms with Gasteiger partial charge in [-0.15, -0.1) is 12.1 Å². The summed E-state index contributed by atoms with van der Waals surface area (Å²) in [4.78, 5) is 37.9. The first-order chi connectivity index (χ1) is 15.8. The quantitative estimate of drug-likeness (QED) is 0.342. The van der Waals surface area contributed by atoms with Crippen LogP contribution in [0.1, 0.15) is 87.0 Å². The van der Waals surface area contributed by atoms with Gasteiger partial charge in [-0.05, 0) is 59.3 Å². The molecule has 1 amide bonds. The summed E-state index contributed by atoms with van der Waals surface area (Å²) in [6, 6.07) is 1.000. The zero-order valence-electron chi connectivity index (χ0n) is 23.6. The van der Waals surface area contributed by atoms with Crippen LogP contribution in [0.3, 0.4) is 0 Å². The van der Waals surface area contributed by atoms with Crippen LogP contribution < -0.4 is 18.9 Å². The number of hydrogen-bond acceptors (Lipinski definition) is 6. The Morgan fingerprint density at radius 2 is 1.54 bits per heavy atom. The predicted octanol–water partition coefficient (Wildman–Crippen LogP) is 2.13. The third-order valence-corrected chi connectivity index (χ3v) is 6.03. The van der Waals surface area contributed by atoms with Crippen LogP contribution in [-0.4, -0.2) is 73.8 Å². The maximum atomic E-state index is 12.6. The summed E-state index contributed by atoms with van der Waals surface area (Å²) in [7, 11) is 1.31. The van der Waals surface area contributed by atoms with Crippen molar-refractivity contribution in [2.45, 2.75) is 105 Å². The van der Waals surface area contributed by atoms with E-state index >= 15 is 0 Å². The average molecular weight is 491 g/mol. The Morgan fingerprint density at radius 1 is 1.03 bits per heavy atom. The summed E-state index contributed by atoms with van der Waals surface area (Å²) in [5.41, 5.74) is -0.983. The third kappa shape index (κ3) is 12.1. The summed E-state index contributed by atoms with van der Waals surface area (Å²) >= 11 is 0. The van der Waals surface area contributed by atoms with Gasteiger partial charge >= 0.3 is 30.9 Å². The van der Waals surface area contributed by atoms with E-state index in [1.165, 1.54) is 20.0 Å². The number of Topliss-reactive ketones (excluding diaryl/α,β-unsaturated/α-hetero) is 1. The molecule has 1 aliphatic carbocycles. The fourth-order valence-electron chi connectivity index (χ4n) is 4.46. The zero-order chi connectivity index (χ0) is 25.9. The van der Waals surface area contributed by atoms with Crippen LogP contribution in [0.15, 0.2) is 0 Å². The predicted molar refractivity (Wildman–Crippen MR) is 133 cm³/mol. The first-order valence-corrected chi connectivity index (χ1v) is 12.7. The number of hydrogen-bond donors (Lipinski definition) is 0. The monoisotopic (exact) mass is 490 g/mol. The normalized spacial score (nSPS) is 21.0. The standard InChI is InChI=1S/C16H25NO5.C6H14N.C4H8O.Li/c1-15(2,3)22-14(20)17-9-7-16(8-10-17)6-5-11(12(16)18)13(19)21-4;1-5(2)7-6(3)4;1-2-4-5-3-1;/h11H,5-10H2,1-4H3;5-6H,1-4H3;1-4H2;/q;-1;;+1. The molecule has 1 saturated carbocycles. The number of carbonyl (C=O) groups is 3. The van der Waals surface area contributed by atoms with Gasteiger partial charge in [0.2, 0.25) is 0 Å². The Balaban J connectivity index is 0.000000731. The topological polar surface area (TPSA) is 96.2 Å². The van der Waals surface area contributed by atoms with Gasteiger partial charge in [0.05, 0.1) is 7.11 Å². The number of rotatable bonds is 3. The Labute approximate surface area is 224 Å². The molecule has 0 aromatic carbocycles. The van der Waals surface area contributed by atoms with Crippen LogP contribution >= 0.6 is 0 Å². The Kier molecular flexibility index (Phi) is 15.4. The van der Waals surface area contributed by atoms with Gasteiger partial charge in [-0.25, -0.2) is 4.79 Å². The molecule has 0 aromatic rings. The van der Waals surface area contributed by atoms with Crippen molar-refractivity contribution < 1.29 is 47.5 Å². The number of nitrogens with zero attached hydrogens (tertiary/aromatic N) is 2. The summed E-state index contributed by atoms with van der Waals surface area (Å²) in [6.45, 7) is 16.9. The summed E-state index contributed by atoms with van der Waals surface area (Å²) < 4.78 is 15.0. The number of likely N-dealkylation sites (tertiary alicyclic amines) is 1. The van der Waals surface area contributed by atoms with Gasteiger partial charge < -0.3 is 24.4 Å². The average Bonchev–Trinajstić information content (AvgIpc) is 3.40. The number of amides is 1. The number of carbonyl (C=O) groups excluding carboxylic acids is 3. The second-order valence-electron chi connectivity index (χ2n) is 10.9. The molecule has 2 saturated heterocycles. The maximum Gasteiger partial charge on any atom is 1.00 e. The molecule has 1 unspecified atom stereocenters. The van der Waals surface area contributed by atoms with Gasteiger partial charge in [-0.1, -0.05) is 27.7 Å². The smallest absolute Gasteiger partial charge is 0.658 e. The van der Waals surface area contributed by atoms with Crippen molar-refractivity contribution in [3.8, 4) is 0 Å². The first kappa shape index (κ1) is 33.9. The fourth-order valence-corrected chi connectivity index (χ4v) is 4.46. The molecule has 198 valence electrons. The van der Waals surface area contributed by atoms with Gasteiger partial charge in [0.25, 0.3) is 0 Å². The van der Waals surface area contributed by atoms with Gasteiger partial charge in [0.1, 0.15) is 11.5 Å². The molecule has 9 heteroatoms. The molecule has 1 atom stereocenters. The molecular formula is C26H47LiN2O6. The number of ketones is 1. The van der Waals surface area contributed by atoms with Crippen molar-refractivity contribution >= 4 is 17.8 Å². The Hall–Kier alpha value is -1.07. The largest absolute Gasteiger partial charge is 1.00 e. The van der Waals surface area contributed by atoms with Crippen molar-refractivity contribution in [1.82, 2.24) is 4.90 Å². The van der Waals surface area contributed by atoms with E-state index in [9.17, 15) is 14.4 Å². The van der Waals surface area contributed by atoms with Crippen molar-refractivity contribution in [1.29, 1.82) is 0 Å². The van der Waals surface area contributed by atoms with Gasteiger partial charge in [0, 0.05) is 31.7 Å². The van der Waals surface area contributed by atoms with E-state index in [4.69, 9.17) is 14.2 Å². The van der Waals surface area contributed by atoms with Crippen molar-refractivity contribution in [2.24, 2.45) is 11.3 Å². The van der Waals surface area contributed by atoms with Crippen molar-refractivity contribution in [3.63, 3.8) is 0 Å².